The number of amides is 2. The first-order valence-electron chi connectivity index (χ1n) is 9.67. The van der Waals surface area contributed by atoms with Crippen molar-refractivity contribution in [1.82, 2.24) is 0 Å². The quantitative estimate of drug-likeness (QED) is 0.230. The Hall–Kier alpha value is -4.54. The van der Waals surface area contributed by atoms with Crippen molar-refractivity contribution in [2.75, 3.05) is 4.90 Å². The van der Waals surface area contributed by atoms with Crippen LogP contribution in [-0.4, -0.2) is 22.7 Å². The van der Waals surface area contributed by atoms with E-state index in [0.717, 1.165) is 30.3 Å². The molecule has 2 amide bonds. The van der Waals surface area contributed by atoms with Crippen molar-refractivity contribution in [2.45, 2.75) is 12.8 Å². The summed E-state index contributed by atoms with van der Waals surface area (Å²) in [5, 5.41) is 10.9. The lowest BCUT2D eigenvalue weighted by atomic mass is 10.1. The third-order valence-electron chi connectivity index (χ3n) is 5.06. The third-order valence-corrected chi connectivity index (χ3v) is 5.06. The summed E-state index contributed by atoms with van der Waals surface area (Å²) in [5.74, 6) is -2.85. The van der Waals surface area contributed by atoms with Gasteiger partial charge in [0.15, 0.2) is 0 Å². The lowest BCUT2D eigenvalue weighted by Gasteiger charge is -2.19. The molecule has 0 saturated heterocycles. The number of benzene rings is 3. The van der Waals surface area contributed by atoms with Crippen LogP contribution in [0.2, 0.25) is 0 Å². The number of esters is 1. The highest BCUT2D eigenvalue weighted by molar-refractivity contribution is 6.35. The minimum Gasteiger partial charge on any atom is -0.457 e. The highest BCUT2D eigenvalue weighted by atomic mass is 19.4. The van der Waals surface area contributed by atoms with Gasteiger partial charge in [-0.1, -0.05) is 24.3 Å². The molecule has 1 aliphatic rings. The van der Waals surface area contributed by atoms with Crippen LogP contribution in [0.25, 0.3) is 0 Å². The van der Waals surface area contributed by atoms with E-state index in [2.05, 4.69) is 0 Å². The molecule has 11 heteroatoms. The number of para-hydroxylation sites is 1. The normalized spacial score (nSPS) is 13.1. The van der Waals surface area contributed by atoms with Gasteiger partial charge in [-0.15, -0.1) is 0 Å². The number of carbonyl (C=O) groups is 3. The monoisotopic (exact) mass is 470 g/mol. The third kappa shape index (κ3) is 4.10. The number of hydrogen-bond donors (Lipinski definition) is 0. The van der Waals surface area contributed by atoms with E-state index < -0.39 is 40.1 Å². The second-order valence-electron chi connectivity index (χ2n) is 7.22. The molecule has 3 aromatic carbocycles. The van der Waals surface area contributed by atoms with Gasteiger partial charge in [0.05, 0.1) is 32.9 Å². The number of nitrogens with zero attached hydrogens (tertiary/aromatic N) is 2. The maximum Gasteiger partial charge on any atom is 0.418 e. The van der Waals surface area contributed by atoms with Gasteiger partial charge in [0.1, 0.15) is 6.61 Å². The summed E-state index contributed by atoms with van der Waals surface area (Å²) in [6, 6.07) is 13.1. The second kappa shape index (κ2) is 8.43. The van der Waals surface area contributed by atoms with Gasteiger partial charge in [-0.05, 0) is 35.9 Å². The fourth-order valence-electron chi connectivity index (χ4n) is 3.49. The lowest BCUT2D eigenvalue weighted by molar-refractivity contribution is -0.384. The highest BCUT2D eigenvalue weighted by Gasteiger charge is 2.42. The summed E-state index contributed by atoms with van der Waals surface area (Å²) >= 11 is 0. The Morgan fingerprint density at radius 2 is 1.65 bits per heavy atom. The van der Waals surface area contributed by atoms with Crippen LogP contribution < -0.4 is 4.90 Å². The van der Waals surface area contributed by atoms with Crippen molar-refractivity contribution in [3.8, 4) is 0 Å². The summed E-state index contributed by atoms with van der Waals surface area (Å²) in [7, 11) is 0. The molecule has 0 atom stereocenters. The number of carbonyl (C=O) groups excluding carboxylic acids is 3. The first-order valence-corrected chi connectivity index (χ1v) is 9.67. The predicted octanol–water partition coefficient (Wildman–Crippen LogP) is 4.77. The Morgan fingerprint density at radius 1 is 0.941 bits per heavy atom. The van der Waals surface area contributed by atoms with E-state index in [1.165, 1.54) is 36.4 Å². The molecule has 1 heterocycles. The topological polar surface area (TPSA) is 107 Å². The maximum atomic E-state index is 13.4. The minimum atomic E-state index is -4.80. The summed E-state index contributed by atoms with van der Waals surface area (Å²) in [6.07, 6.45) is -4.80. The molecule has 0 bridgehead atoms. The number of imide groups is 1. The molecule has 0 saturated carbocycles. The number of nitro groups is 1. The number of rotatable bonds is 5. The van der Waals surface area contributed by atoms with Crippen LogP contribution in [0.4, 0.5) is 24.5 Å². The zero-order chi connectivity index (χ0) is 24.6. The van der Waals surface area contributed by atoms with Gasteiger partial charge >= 0.3 is 12.1 Å². The van der Waals surface area contributed by atoms with Crippen molar-refractivity contribution in [3.63, 3.8) is 0 Å². The molecule has 0 aromatic heterocycles. The van der Waals surface area contributed by atoms with Crippen LogP contribution >= 0.6 is 0 Å². The fourth-order valence-corrected chi connectivity index (χ4v) is 3.49. The molecule has 4 rings (SSSR count). The molecular formula is C23H13F3N2O6. The molecule has 172 valence electrons. The van der Waals surface area contributed by atoms with E-state index in [1.54, 1.807) is 0 Å². The molecule has 34 heavy (non-hydrogen) atoms. The van der Waals surface area contributed by atoms with Gasteiger partial charge in [0.2, 0.25) is 0 Å². The largest absolute Gasteiger partial charge is 0.457 e. The zero-order valence-corrected chi connectivity index (χ0v) is 17.0. The molecule has 8 nitrogen and oxygen atoms in total. The smallest absolute Gasteiger partial charge is 0.418 e. The van der Waals surface area contributed by atoms with Crippen molar-refractivity contribution >= 4 is 29.2 Å². The number of non-ortho nitro benzene ring substituents is 1. The summed E-state index contributed by atoms with van der Waals surface area (Å²) in [6.45, 7) is -0.296. The van der Waals surface area contributed by atoms with Crippen LogP contribution in [0.1, 0.15) is 42.2 Å². The van der Waals surface area contributed by atoms with Crippen molar-refractivity contribution in [1.29, 1.82) is 0 Å². The van der Waals surface area contributed by atoms with Crippen molar-refractivity contribution in [3.05, 3.63) is 105 Å². The van der Waals surface area contributed by atoms with Gasteiger partial charge in [-0.2, -0.15) is 13.2 Å². The highest BCUT2D eigenvalue weighted by Crippen LogP contribution is 2.39. The Labute approximate surface area is 189 Å². The number of ether oxygens (including phenoxy) is 1. The van der Waals surface area contributed by atoms with E-state index in [1.807, 2.05) is 0 Å². The molecule has 1 aliphatic heterocycles. The average molecular weight is 470 g/mol. The number of alkyl halides is 3. The molecular weight excluding hydrogens is 457 g/mol. The second-order valence-corrected chi connectivity index (χ2v) is 7.22. The molecule has 0 N–H and O–H groups in total. The van der Waals surface area contributed by atoms with Gasteiger partial charge in [0, 0.05) is 12.1 Å². The summed E-state index contributed by atoms with van der Waals surface area (Å²) in [4.78, 5) is 48.7. The van der Waals surface area contributed by atoms with Crippen LogP contribution in [0.15, 0.2) is 66.7 Å². The van der Waals surface area contributed by atoms with Gasteiger partial charge in [0.25, 0.3) is 17.5 Å². The zero-order valence-electron chi connectivity index (χ0n) is 17.0. The maximum absolute atomic E-state index is 13.4. The van der Waals surface area contributed by atoms with Gasteiger partial charge < -0.3 is 4.74 Å². The first-order chi connectivity index (χ1) is 16.1. The molecule has 0 aliphatic carbocycles. The minimum absolute atomic E-state index is 0.115. The molecule has 0 unspecified atom stereocenters. The molecule has 0 fully saturated rings. The Morgan fingerprint density at radius 3 is 2.35 bits per heavy atom. The molecule has 0 spiro atoms. The number of fused-ring (bicyclic) bond motifs is 1. The van der Waals surface area contributed by atoms with Crippen molar-refractivity contribution < 1.29 is 37.2 Å². The van der Waals surface area contributed by atoms with E-state index in [0.29, 0.717) is 10.5 Å². The van der Waals surface area contributed by atoms with E-state index in [-0.39, 0.29) is 29.0 Å². The van der Waals surface area contributed by atoms with E-state index in [9.17, 15) is 37.7 Å². The average Bonchev–Trinajstić information content (AvgIpc) is 3.06. The number of nitro benzene ring substituents is 1. The van der Waals surface area contributed by atoms with Gasteiger partial charge in [-0.3, -0.25) is 19.7 Å². The Balaban J connectivity index is 1.58. The van der Waals surface area contributed by atoms with Crippen LogP contribution in [-0.2, 0) is 17.5 Å². The summed E-state index contributed by atoms with van der Waals surface area (Å²) in [5.41, 5.74) is -2.11. The Bertz CT molecular complexity index is 1350. The predicted molar refractivity (Wildman–Crippen MR) is 111 cm³/mol. The van der Waals surface area contributed by atoms with Crippen LogP contribution in [0.5, 0.6) is 0 Å². The first kappa shape index (κ1) is 22.6. The molecule has 0 radical (unpaired) electrons. The summed E-state index contributed by atoms with van der Waals surface area (Å²) < 4.78 is 45.3. The SMILES string of the molecule is O=C(OCc1cccc([N+](=O)[O-])c1)c1ccc2c(c1)C(=O)N(c1ccccc1C(F)(F)F)C2=O. The van der Waals surface area contributed by atoms with Crippen molar-refractivity contribution in [2.24, 2.45) is 0 Å². The van der Waals surface area contributed by atoms with Crippen LogP contribution in [0.3, 0.4) is 0 Å². The lowest BCUT2D eigenvalue weighted by Crippen LogP contribution is -2.31. The Kier molecular flexibility index (Phi) is 5.61. The number of anilines is 1. The number of halogens is 3. The standard InChI is InChI=1S/C23H13F3N2O6/c24-23(25,26)18-6-1-2-7-19(18)27-20(29)16-9-8-14(11-17(16)21(27)30)22(31)34-12-13-4-3-5-15(10-13)28(32)33/h1-11H,12H2. The molecule has 3 aromatic rings. The fraction of sp³-hybridized carbons (Fsp3) is 0.0870. The van der Waals surface area contributed by atoms with E-state index in [4.69, 9.17) is 4.74 Å². The number of hydrogen-bond acceptors (Lipinski definition) is 6. The van der Waals surface area contributed by atoms with Gasteiger partial charge in [-0.25, -0.2) is 9.69 Å². The van der Waals surface area contributed by atoms with E-state index >= 15 is 0 Å². The van der Waals surface area contributed by atoms with Crippen LogP contribution in [0, 0.1) is 10.1 Å².